The zero-order valence-corrected chi connectivity index (χ0v) is 12.2. The van der Waals surface area contributed by atoms with Crippen LogP contribution in [0, 0.1) is 0 Å². The van der Waals surface area contributed by atoms with Gasteiger partial charge in [-0.25, -0.2) is 0 Å². The van der Waals surface area contributed by atoms with Crippen molar-refractivity contribution in [3.8, 4) is 0 Å². The molecule has 1 aliphatic heterocycles. The molecule has 1 aliphatic rings. The number of ether oxygens (including phenoxy) is 1. The van der Waals surface area contributed by atoms with Gasteiger partial charge >= 0.3 is 0 Å². The van der Waals surface area contributed by atoms with Crippen LogP contribution in [0.15, 0.2) is 18.2 Å². The first-order chi connectivity index (χ1) is 9.11. The molecule has 0 aliphatic carbocycles. The highest BCUT2D eigenvalue weighted by atomic mass is 35.5. The molecule has 0 saturated carbocycles. The number of benzene rings is 1. The number of β-amino-alcohol motifs (C(OH)–C–C–N with tert-alkyl or cyclic N) is 1. The third-order valence-corrected chi connectivity index (χ3v) is 3.64. The van der Waals surface area contributed by atoms with Gasteiger partial charge in [0, 0.05) is 38.8 Å². The fourth-order valence-electron chi connectivity index (χ4n) is 2.50. The van der Waals surface area contributed by atoms with E-state index in [1.807, 2.05) is 18.2 Å². The summed E-state index contributed by atoms with van der Waals surface area (Å²) in [5, 5.41) is 10.7. The lowest BCUT2D eigenvalue weighted by atomic mass is 10.2. The fraction of sp³-hybridized carbons (Fsp3) is 0.571. The van der Waals surface area contributed by atoms with Gasteiger partial charge in [-0.3, -0.25) is 0 Å². The smallest absolute Gasteiger partial charge is 0.0947 e. The number of halogens is 1. The van der Waals surface area contributed by atoms with Crippen LogP contribution in [0.4, 0.5) is 11.4 Å². The van der Waals surface area contributed by atoms with Crippen molar-refractivity contribution in [1.82, 2.24) is 0 Å². The molecule has 0 bridgehead atoms. The van der Waals surface area contributed by atoms with Crippen molar-refractivity contribution in [3.05, 3.63) is 23.2 Å². The second-order valence-corrected chi connectivity index (χ2v) is 5.40. The molecule has 5 heteroatoms. The number of anilines is 2. The number of rotatable bonds is 4. The molecule has 1 atom stereocenters. The maximum Gasteiger partial charge on any atom is 0.0947 e. The summed E-state index contributed by atoms with van der Waals surface area (Å²) in [6.45, 7) is 2.83. The number of aliphatic hydroxyl groups is 1. The number of hydrogen-bond donors (Lipinski definition) is 1. The molecule has 0 spiro atoms. The van der Waals surface area contributed by atoms with E-state index in [1.54, 1.807) is 7.11 Å². The molecule has 1 aromatic rings. The van der Waals surface area contributed by atoms with E-state index in [-0.39, 0.29) is 0 Å². The van der Waals surface area contributed by atoms with E-state index < -0.39 is 6.10 Å². The number of nitrogens with zero attached hydrogens (tertiary/aromatic N) is 2. The van der Waals surface area contributed by atoms with Gasteiger partial charge in [0.15, 0.2) is 0 Å². The van der Waals surface area contributed by atoms with Gasteiger partial charge in [0.25, 0.3) is 0 Å². The Balaban J connectivity index is 2.25. The first kappa shape index (κ1) is 14.4. The molecule has 106 valence electrons. The molecular weight excluding hydrogens is 264 g/mol. The molecule has 0 amide bonds. The molecule has 0 unspecified atom stereocenters. The van der Waals surface area contributed by atoms with Crippen molar-refractivity contribution < 1.29 is 9.84 Å². The summed E-state index contributed by atoms with van der Waals surface area (Å²) in [5.41, 5.74) is 2.24. The van der Waals surface area contributed by atoms with Gasteiger partial charge < -0.3 is 19.6 Å². The predicted molar refractivity (Wildman–Crippen MR) is 79.4 cm³/mol. The summed E-state index contributed by atoms with van der Waals surface area (Å²) in [6, 6.07) is 5.92. The van der Waals surface area contributed by atoms with Crippen molar-refractivity contribution in [1.29, 1.82) is 0 Å². The average Bonchev–Trinajstić information content (AvgIpc) is 2.50. The first-order valence-electron chi connectivity index (χ1n) is 6.54. The van der Waals surface area contributed by atoms with Crippen LogP contribution in [0.2, 0.25) is 5.02 Å². The molecule has 0 fully saturated rings. The van der Waals surface area contributed by atoms with Gasteiger partial charge in [-0.1, -0.05) is 11.6 Å². The van der Waals surface area contributed by atoms with Crippen LogP contribution in [0.5, 0.6) is 0 Å². The van der Waals surface area contributed by atoms with Gasteiger partial charge in [-0.2, -0.15) is 0 Å². The number of fused-ring (bicyclic) bond motifs is 1. The maximum absolute atomic E-state index is 9.94. The minimum Gasteiger partial charge on any atom is -0.389 e. The number of hydrogen-bond acceptors (Lipinski definition) is 4. The highest BCUT2D eigenvalue weighted by Crippen LogP contribution is 2.34. The Morgan fingerprint density at radius 1 is 1.37 bits per heavy atom. The Kier molecular flexibility index (Phi) is 4.91. The van der Waals surface area contributed by atoms with Gasteiger partial charge in [0.1, 0.15) is 0 Å². The molecule has 19 heavy (non-hydrogen) atoms. The van der Waals surface area contributed by atoms with Gasteiger partial charge in [-0.05, 0) is 24.6 Å². The monoisotopic (exact) mass is 284 g/mol. The molecule has 1 aromatic carbocycles. The molecule has 2 rings (SSSR count). The summed E-state index contributed by atoms with van der Waals surface area (Å²) < 4.78 is 5.00. The normalized spacial score (nSPS) is 17.1. The SMILES string of the molecule is COC[C@@H](O)CN1CCCN(C)c2ccc(Cl)cc21. The zero-order chi connectivity index (χ0) is 13.8. The summed E-state index contributed by atoms with van der Waals surface area (Å²) in [4.78, 5) is 4.42. The molecule has 0 saturated heterocycles. The topological polar surface area (TPSA) is 35.9 Å². The Bertz CT molecular complexity index is 428. The Hall–Kier alpha value is -0.970. The minimum atomic E-state index is -0.486. The lowest BCUT2D eigenvalue weighted by molar-refractivity contribution is 0.0688. The van der Waals surface area contributed by atoms with Gasteiger partial charge in [0.2, 0.25) is 0 Å². The third-order valence-electron chi connectivity index (χ3n) is 3.40. The molecule has 0 radical (unpaired) electrons. The van der Waals surface area contributed by atoms with Crippen LogP contribution in [0.25, 0.3) is 0 Å². The van der Waals surface area contributed by atoms with Crippen molar-refractivity contribution in [2.45, 2.75) is 12.5 Å². The molecule has 1 heterocycles. The largest absolute Gasteiger partial charge is 0.389 e. The lowest BCUT2D eigenvalue weighted by Crippen LogP contribution is -2.35. The maximum atomic E-state index is 9.94. The third kappa shape index (κ3) is 3.53. The first-order valence-corrected chi connectivity index (χ1v) is 6.92. The highest BCUT2D eigenvalue weighted by molar-refractivity contribution is 6.31. The van der Waals surface area contributed by atoms with Crippen molar-refractivity contribution in [2.24, 2.45) is 0 Å². The van der Waals surface area contributed by atoms with Crippen molar-refractivity contribution in [3.63, 3.8) is 0 Å². The van der Waals surface area contributed by atoms with Crippen LogP contribution in [-0.2, 0) is 4.74 Å². The van der Waals surface area contributed by atoms with Crippen LogP contribution >= 0.6 is 11.6 Å². The summed E-state index contributed by atoms with van der Waals surface area (Å²) in [5.74, 6) is 0. The van der Waals surface area contributed by atoms with Gasteiger partial charge in [0.05, 0.1) is 24.1 Å². The van der Waals surface area contributed by atoms with Crippen molar-refractivity contribution >= 4 is 23.0 Å². The minimum absolute atomic E-state index is 0.349. The molecule has 4 nitrogen and oxygen atoms in total. The number of methoxy groups -OCH3 is 1. The Labute approximate surface area is 119 Å². The van der Waals surface area contributed by atoms with E-state index in [1.165, 1.54) is 0 Å². The summed E-state index contributed by atoms with van der Waals surface area (Å²) in [7, 11) is 3.69. The molecular formula is C14H21ClN2O2. The fourth-order valence-corrected chi connectivity index (χ4v) is 2.67. The summed E-state index contributed by atoms with van der Waals surface area (Å²) in [6.07, 6.45) is 0.572. The van der Waals surface area contributed by atoms with Crippen molar-refractivity contribution in [2.75, 3.05) is 50.2 Å². The quantitative estimate of drug-likeness (QED) is 0.917. The van der Waals surface area contributed by atoms with Crippen LogP contribution < -0.4 is 9.80 Å². The van der Waals surface area contributed by atoms with Crippen LogP contribution in [0.1, 0.15) is 6.42 Å². The van der Waals surface area contributed by atoms with Gasteiger partial charge in [-0.15, -0.1) is 0 Å². The van der Waals surface area contributed by atoms with E-state index in [9.17, 15) is 5.11 Å². The average molecular weight is 285 g/mol. The predicted octanol–water partition coefficient (Wildman–Crippen LogP) is 1.99. The second kappa shape index (κ2) is 6.46. The van der Waals surface area contributed by atoms with E-state index in [0.717, 1.165) is 35.9 Å². The summed E-state index contributed by atoms with van der Waals surface area (Å²) >= 11 is 6.11. The highest BCUT2D eigenvalue weighted by Gasteiger charge is 2.20. The van der Waals surface area contributed by atoms with E-state index in [4.69, 9.17) is 16.3 Å². The van der Waals surface area contributed by atoms with E-state index >= 15 is 0 Å². The second-order valence-electron chi connectivity index (χ2n) is 4.96. The Morgan fingerprint density at radius 3 is 2.89 bits per heavy atom. The van der Waals surface area contributed by atoms with E-state index in [2.05, 4.69) is 16.8 Å². The van der Waals surface area contributed by atoms with Crippen LogP contribution in [0.3, 0.4) is 0 Å². The zero-order valence-electron chi connectivity index (χ0n) is 11.5. The number of aliphatic hydroxyl groups excluding tert-OH is 1. The molecule has 1 N–H and O–H groups in total. The van der Waals surface area contributed by atoms with Crippen LogP contribution in [-0.4, -0.2) is 51.6 Å². The lowest BCUT2D eigenvalue weighted by Gasteiger charge is -2.28. The van der Waals surface area contributed by atoms with E-state index in [0.29, 0.717) is 13.2 Å². The molecule has 0 aromatic heterocycles. The standard InChI is InChI=1S/C14H21ClN2O2/c1-16-6-3-7-17(9-12(18)10-19-2)14-8-11(15)4-5-13(14)16/h4-5,8,12,18H,3,6-7,9-10H2,1-2H3/t12-/m0/s1. The Morgan fingerprint density at radius 2 is 2.16 bits per heavy atom.